The van der Waals surface area contributed by atoms with Crippen molar-refractivity contribution in [3.05, 3.63) is 72.3 Å². The maximum absolute atomic E-state index is 13.4. The molecule has 0 saturated carbocycles. The fraction of sp³-hybridized carbons (Fsp3) is 0.231. The summed E-state index contributed by atoms with van der Waals surface area (Å²) >= 11 is 0. The van der Waals surface area contributed by atoms with Crippen molar-refractivity contribution in [2.75, 3.05) is 26.4 Å². The number of hydrogen-bond acceptors (Lipinski definition) is 6. The number of fused-ring (bicyclic) bond motifs is 2. The third-order valence-corrected chi connectivity index (χ3v) is 8.42. The van der Waals surface area contributed by atoms with Gasteiger partial charge in [0.1, 0.15) is 17.6 Å². The molecule has 1 fully saturated rings. The number of nitrogen functional groups attached to an aromatic ring is 1. The highest BCUT2D eigenvalue weighted by atomic mass is 32.2. The van der Waals surface area contributed by atoms with Gasteiger partial charge in [0.05, 0.1) is 17.5 Å². The van der Waals surface area contributed by atoms with Gasteiger partial charge in [-0.3, -0.25) is 4.79 Å². The predicted octanol–water partition coefficient (Wildman–Crippen LogP) is 3.40. The zero-order valence-electron chi connectivity index (χ0n) is 19.5. The molecule has 8 nitrogen and oxygen atoms in total. The first-order valence-electron chi connectivity index (χ1n) is 11.3. The van der Waals surface area contributed by atoms with Gasteiger partial charge in [-0.2, -0.15) is 4.31 Å². The zero-order valence-corrected chi connectivity index (χ0v) is 20.3. The molecular formula is C26H26N4O4S. The number of ether oxygens (including phenoxy) is 1. The van der Waals surface area contributed by atoms with E-state index < -0.39 is 16.1 Å². The molecule has 35 heavy (non-hydrogen) atoms. The van der Waals surface area contributed by atoms with E-state index in [0.29, 0.717) is 31.1 Å². The van der Waals surface area contributed by atoms with Crippen molar-refractivity contribution in [3.63, 3.8) is 0 Å². The Morgan fingerprint density at radius 3 is 2.57 bits per heavy atom. The van der Waals surface area contributed by atoms with E-state index in [2.05, 4.69) is 4.98 Å². The van der Waals surface area contributed by atoms with E-state index in [1.165, 1.54) is 11.4 Å². The van der Waals surface area contributed by atoms with Gasteiger partial charge in [-0.15, -0.1) is 0 Å². The number of sulfonamides is 1. The molecule has 3 aromatic carbocycles. The fourth-order valence-corrected chi connectivity index (χ4v) is 5.92. The van der Waals surface area contributed by atoms with Crippen molar-refractivity contribution < 1.29 is 17.9 Å². The molecule has 1 saturated heterocycles. The van der Waals surface area contributed by atoms with Gasteiger partial charge >= 0.3 is 0 Å². The van der Waals surface area contributed by atoms with E-state index in [1.807, 2.05) is 36.4 Å². The molecular weight excluding hydrogens is 464 g/mol. The number of rotatable bonds is 6. The van der Waals surface area contributed by atoms with Gasteiger partial charge in [-0.05, 0) is 65.2 Å². The van der Waals surface area contributed by atoms with Gasteiger partial charge in [0.2, 0.25) is 15.9 Å². The predicted molar refractivity (Wildman–Crippen MR) is 135 cm³/mol. The number of amides is 1. The van der Waals surface area contributed by atoms with Crippen LogP contribution in [0.5, 0.6) is 5.75 Å². The summed E-state index contributed by atoms with van der Waals surface area (Å²) in [6, 6.07) is 19.2. The number of aromatic nitrogens is 1. The summed E-state index contributed by atoms with van der Waals surface area (Å²) in [6.07, 6.45) is 0.425. The van der Waals surface area contributed by atoms with Gasteiger partial charge in [0, 0.05) is 25.5 Å². The number of benzene rings is 3. The highest BCUT2D eigenvalue weighted by Gasteiger charge is 2.39. The summed E-state index contributed by atoms with van der Waals surface area (Å²) in [5, 5.41) is 2.62. The quantitative estimate of drug-likeness (QED) is 0.444. The standard InChI is InChI=1S/C26H26N4O4S/c1-29(35(32,33)22-9-6-18-5-8-21(34-2)14-20(18)15-22)24-11-12-30(26(24)31)16-17-3-4-19-7-10-25(27)28-23(19)13-17/h3-10,13-15,24H,11-12,16H2,1-2H3,(H2,27,28)/t24-/m0/s1. The summed E-state index contributed by atoms with van der Waals surface area (Å²) in [5.74, 6) is 0.874. The molecule has 1 amide bonds. The maximum atomic E-state index is 13.4. The second-order valence-electron chi connectivity index (χ2n) is 8.72. The van der Waals surface area contributed by atoms with E-state index in [9.17, 15) is 13.2 Å². The van der Waals surface area contributed by atoms with Gasteiger partial charge in [-0.1, -0.05) is 24.3 Å². The van der Waals surface area contributed by atoms with Crippen LogP contribution in [0.3, 0.4) is 0 Å². The fourth-order valence-electron chi connectivity index (χ4n) is 4.54. The molecule has 2 N–H and O–H groups in total. The van der Waals surface area contributed by atoms with E-state index >= 15 is 0 Å². The smallest absolute Gasteiger partial charge is 0.243 e. The molecule has 9 heteroatoms. The topological polar surface area (TPSA) is 106 Å². The molecule has 0 aliphatic carbocycles. The Morgan fingerprint density at radius 2 is 1.77 bits per heavy atom. The Hall–Kier alpha value is -3.69. The molecule has 1 aromatic heterocycles. The molecule has 1 aliphatic rings. The number of nitrogens with two attached hydrogens (primary N) is 1. The zero-order chi connectivity index (χ0) is 24.7. The minimum atomic E-state index is -3.88. The lowest BCUT2D eigenvalue weighted by atomic mass is 10.1. The van der Waals surface area contributed by atoms with Crippen LogP contribution >= 0.6 is 0 Å². The summed E-state index contributed by atoms with van der Waals surface area (Å²) in [4.78, 5) is 19.4. The Bertz CT molecular complexity index is 1550. The molecule has 0 radical (unpaired) electrons. The van der Waals surface area contributed by atoms with Crippen LogP contribution in [0.2, 0.25) is 0 Å². The van der Waals surface area contributed by atoms with E-state index in [4.69, 9.17) is 10.5 Å². The summed E-state index contributed by atoms with van der Waals surface area (Å²) in [6.45, 7) is 0.853. The highest BCUT2D eigenvalue weighted by molar-refractivity contribution is 7.89. The van der Waals surface area contributed by atoms with E-state index in [1.54, 1.807) is 42.3 Å². The van der Waals surface area contributed by atoms with Crippen molar-refractivity contribution in [1.82, 2.24) is 14.2 Å². The minimum absolute atomic E-state index is 0.144. The molecule has 2 heterocycles. The average Bonchev–Trinajstić information content (AvgIpc) is 3.22. The van der Waals surface area contributed by atoms with Crippen LogP contribution < -0.4 is 10.5 Å². The summed E-state index contributed by atoms with van der Waals surface area (Å²) < 4.78 is 33.3. The highest BCUT2D eigenvalue weighted by Crippen LogP contribution is 2.28. The Morgan fingerprint density at radius 1 is 1.03 bits per heavy atom. The number of pyridine rings is 1. The van der Waals surface area contributed by atoms with Gasteiger partial charge in [0.15, 0.2) is 0 Å². The lowest BCUT2D eigenvalue weighted by Gasteiger charge is -2.24. The number of nitrogens with zero attached hydrogens (tertiary/aromatic N) is 3. The van der Waals surface area contributed by atoms with Crippen LogP contribution in [-0.2, 0) is 21.4 Å². The van der Waals surface area contributed by atoms with Crippen molar-refractivity contribution in [2.24, 2.45) is 0 Å². The van der Waals surface area contributed by atoms with Crippen LogP contribution in [0.25, 0.3) is 21.7 Å². The molecule has 0 unspecified atom stereocenters. The second-order valence-corrected chi connectivity index (χ2v) is 10.7. The number of hydrogen-bond donors (Lipinski definition) is 1. The number of carbonyl (C=O) groups is 1. The monoisotopic (exact) mass is 490 g/mol. The Labute approximate surface area is 204 Å². The maximum Gasteiger partial charge on any atom is 0.243 e. The van der Waals surface area contributed by atoms with Gasteiger partial charge in [0.25, 0.3) is 0 Å². The third-order valence-electron chi connectivity index (χ3n) is 6.56. The summed E-state index contributed by atoms with van der Waals surface area (Å²) in [7, 11) is -0.837. The Kier molecular flexibility index (Phi) is 5.82. The van der Waals surface area contributed by atoms with Crippen LogP contribution in [0.4, 0.5) is 5.82 Å². The SMILES string of the molecule is COc1ccc2ccc(S(=O)(=O)N(C)[C@H]3CCN(Cc4ccc5ccc(N)nc5c4)C3=O)cc2c1. The molecule has 1 aliphatic heterocycles. The van der Waals surface area contributed by atoms with Crippen molar-refractivity contribution in [3.8, 4) is 5.75 Å². The van der Waals surface area contributed by atoms with Crippen molar-refractivity contribution in [2.45, 2.75) is 23.9 Å². The first kappa shape index (κ1) is 23.1. The van der Waals surface area contributed by atoms with Gasteiger partial charge < -0.3 is 15.4 Å². The number of anilines is 1. The molecule has 1 atom stereocenters. The first-order chi connectivity index (χ1) is 16.8. The van der Waals surface area contributed by atoms with Crippen LogP contribution in [0, 0.1) is 0 Å². The number of likely N-dealkylation sites (tertiary alicyclic amines) is 1. The molecule has 0 bridgehead atoms. The van der Waals surface area contributed by atoms with E-state index in [0.717, 1.165) is 27.2 Å². The van der Waals surface area contributed by atoms with Gasteiger partial charge in [-0.25, -0.2) is 13.4 Å². The Balaban J connectivity index is 1.36. The van der Waals surface area contributed by atoms with Crippen molar-refractivity contribution in [1.29, 1.82) is 0 Å². The van der Waals surface area contributed by atoms with Crippen molar-refractivity contribution >= 4 is 43.4 Å². The molecule has 0 spiro atoms. The second kappa shape index (κ2) is 8.83. The number of methoxy groups -OCH3 is 1. The van der Waals surface area contributed by atoms with Crippen LogP contribution in [0.1, 0.15) is 12.0 Å². The average molecular weight is 491 g/mol. The van der Waals surface area contributed by atoms with E-state index in [-0.39, 0.29) is 10.8 Å². The normalized spacial score (nSPS) is 16.5. The number of carbonyl (C=O) groups excluding carboxylic acids is 1. The van der Waals surface area contributed by atoms with Crippen LogP contribution in [0.15, 0.2) is 71.6 Å². The molecule has 180 valence electrons. The molecule has 4 aromatic rings. The minimum Gasteiger partial charge on any atom is -0.497 e. The largest absolute Gasteiger partial charge is 0.497 e. The summed E-state index contributed by atoms with van der Waals surface area (Å²) in [5.41, 5.74) is 7.48. The number of likely N-dealkylation sites (N-methyl/N-ethyl adjacent to an activating group) is 1. The molecule has 5 rings (SSSR count). The first-order valence-corrected chi connectivity index (χ1v) is 12.7. The lowest BCUT2D eigenvalue weighted by molar-refractivity contribution is -0.131. The van der Waals surface area contributed by atoms with Crippen LogP contribution in [-0.4, -0.2) is 55.3 Å². The third kappa shape index (κ3) is 4.28. The lowest BCUT2D eigenvalue weighted by Crippen LogP contribution is -2.42.